The predicted molar refractivity (Wildman–Crippen MR) is 71.1 cm³/mol. The van der Waals surface area contributed by atoms with Crippen LogP contribution in [0.2, 0.25) is 0 Å². The first-order valence-electron chi connectivity index (χ1n) is 6.19. The van der Waals surface area contributed by atoms with E-state index in [1.807, 2.05) is 48.5 Å². The molecule has 1 heterocycles. The summed E-state index contributed by atoms with van der Waals surface area (Å²) in [5.41, 5.74) is 3.06. The molecule has 0 aromatic heterocycles. The number of hydrogen-bond acceptors (Lipinski definition) is 3. The van der Waals surface area contributed by atoms with Crippen LogP contribution in [-0.2, 0) is 16.0 Å². The van der Waals surface area contributed by atoms with Gasteiger partial charge in [-0.2, -0.15) is 0 Å². The lowest BCUT2D eigenvalue weighted by Gasteiger charge is -2.25. The monoisotopic (exact) mass is 254 g/mol. The minimum Gasteiger partial charge on any atom is -0.497 e. The summed E-state index contributed by atoms with van der Waals surface area (Å²) in [6.07, 6.45) is 0.0337. The molecule has 0 unspecified atom stereocenters. The van der Waals surface area contributed by atoms with E-state index in [2.05, 4.69) is 0 Å². The Hall–Kier alpha value is -2.29. The molecule has 0 spiro atoms. The van der Waals surface area contributed by atoms with Crippen molar-refractivity contribution in [1.29, 1.82) is 0 Å². The topological polar surface area (TPSA) is 35.5 Å². The van der Waals surface area contributed by atoms with Crippen molar-refractivity contribution in [2.75, 3.05) is 7.11 Å². The zero-order chi connectivity index (χ0) is 13.2. The largest absolute Gasteiger partial charge is 0.497 e. The van der Waals surface area contributed by atoms with Crippen molar-refractivity contribution in [1.82, 2.24) is 0 Å². The molecule has 0 radical (unpaired) electrons. The van der Waals surface area contributed by atoms with Crippen molar-refractivity contribution < 1.29 is 14.3 Å². The maximum absolute atomic E-state index is 11.7. The highest BCUT2D eigenvalue weighted by Gasteiger charge is 2.27. The molecule has 1 atom stereocenters. The van der Waals surface area contributed by atoms with Crippen LogP contribution in [0.25, 0.3) is 0 Å². The molecular weight excluding hydrogens is 240 g/mol. The van der Waals surface area contributed by atoms with Gasteiger partial charge >= 0.3 is 5.97 Å². The second-order valence-corrected chi connectivity index (χ2v) is 4.52. The molecule has 2 aromatic carbocycles. The highest BCUT2D eigenvalue weighted by molar-refractivity contribution is 5.76. The lowest BCUT2D eigenvalue weighted by Crippen LogP contribution is -2.22. The van der Waals surface area contributed by atoms with Gasteiger partial charge in [0.1, 0.15) is 5.75 Å². The summed E-state index contributed by atoms with van der Waals surface area (Å²) in [5, 5.41) is 0. The maximum Gasteiger partial charge on any atom is 0.311 e. The van der Waals surface area contributed by atoms with E-state index in [4.69, 9.17) is 9.47 Å². The lowest BCUT2D eigenvalue weighted by molar-refractivity contribution is -0.148. The molecule has 0 fully saturated rings. The minimum absolute atomic E-state index is 0.181. The predicted octanol–water partition coefficient (Wildman–Crippen LogP) is 2.88. The van der Waals surface area contributed by atoms with Crippen LogP contribution in [-0.4, -0.2) is 13.1 Å². The average molecular weight is 254 g/mol. The van der Waals surface area contributed by atoms with Gasteiger partial charge in [0.2, 0.25) is 0 Å². The van der Waals surface area contributed by atoms with Crippen molar-refractivity contribution in [3.8, 4) is 5.75 Å². The summed E-state index contributed by atoms with van der Waals surface area (Å²) < 4.78 is 10.6. The van der Waals surface area contributed by atoms with Crippen molar-refractivity contribution in [2.24, 2.45) is 0 Å². The first kappa shape index (κ1) is 11.8. The number of esters is 1. The molecule has 0 aliphatic carbocycles. The average Bonchev–Trinajstić information content (AvgIpc) is 2.46. The van der Waals surface area contributed by atoms with Crippen LogP contribution in [0.3, 0.4) is 0 Å². The Labute approximate surface area is 111 Å². The third-order valence-electron chi connectivity index (χ3n) is 3.34. The Balaban J connectivity index is 2.02. The first-order valence-corrected chi connectivity index (χ1v) is 6.19. The first-order chi connectivity index (χ1) is 9.28. The maximum atomic E-state index is 11.7. The minimum atomic E-state index is -0.316. The number of carbonyl (C=O) groups is 1. The van der Waals surface area contributed by atoms with Crippen LogP contribution in [0, 0.1) is 0 Å². The molecule has 3 nitrogen and oxygen atoms in total. The van der Waals surface area contributed by atoms with Gasteiger partial charge in [0.25, 0.3) is 0 Å². The van der Waals surface area contributed by atoms with E-state index in [0.29, 0.717) is 6.42 Å². The fraction of sp³-hybridized carbons (Fsp3) is 0.188. The van der Waals surface area contributed by atoms with Gasteiger partial charge in [-0.3, -0.25) is 4.79 Å². The number of methoxy groups -OCH3 is 1. The van der Waals surface area contributed by atoms with E-state index in [-0.39, 0.29) is 12.1 Å². The fourth-order valence-electron chi connectivity index (χ4n) is 2.37. The molecule has 0 saturated carbocycles. The van der Waals surface area contributed by atoms with E-state index in [1.54, 1.807) is 7.11 Å². The van der Waals surface area contributed by atoms with Crippen molar-refractivity contribution >= 4 is 5.97 Å². The van der Waals surface area contributed by atoms with Gasteiger partial charge < -0.3 is 9.47 Å². The van der Waals surface area contributed by atoms with Crippen molar-refractivity contribution in [2.45, 2.75) is 12.5 Å². The van der Waals surface area contributed by atoms with Crippen molar-refractivity contribution in [3.63, 3.8) is 0 Å². The SMILES string of the molecule is COc1ccc([C@@H]2OC(=O)Cc3ccccc32)cc1. The van der Waals surface area contributed by atoms with Crippen LogP contribution in [0.1, 0.15) is 22.8 Å². The van der Waals surface area contributed by atoms with Crippen LogP contribution in [0.5, 0.6) is 5.75 Å². The molecule has 0 saturated heterocycles. The number of ether oxygens (including phenoxy) is 2. The Morgan fingerprint density at radius 3 is 2.58 bits per heavy atom. The summed E-state index contributed by atoms with van der Waals surface area (Å²) in [6.45, 7) is 0. The molecule has 1 aliphatic heterocycles. The Kier molecular flexibility index (Phi) is 2.95. The normalized spacial score (nSPS) is 17.5. The van der Waals surface area contributed by atoms with E-state index < -0.39 is 0 Å². The van der Waals surface area contributed by atoms with E-state index in [9.17, 15) is 4.79 Å². The zero-order valence-corrected chi connectivity index (χ0v) is 10.6. The number of carbonyl (C=O) groups excluding carboxylic acids is 1. The molecule has 1 aliphatic rings. The summed E-state index contributed by atoms with van der Waals surface area (Å²) in [4.78, 5) is 11.7. The molecule has 0 amide bonds. The second kappa shape index (κ2) is 4.76. The summed E-state index contributed by atoms with van der Waals surface area (Å²) in [6, 6.07) is 15.5. The molecule has 0 N–H and O–H groups in total. The summed E-state index contributed by atoms with van der Waals surface area (Å²) in [5.74, 6) is 0.610. The molecular formula is C16H14O3. The fourth-order valence-corrected chi connectivity index (χ4v) is 2.37. The van der Waals surface area contributed by atoms with E-state index in [0.717, 1.165) is 22.4 Å². The standard InChI is InChI=1S/C16H14O3/c1-18-13-8-6-11(7-9-13)16-14-5-3-2-4-12(14)10-15(17)19-16/h2-9,16H,10H2,1H3/t16-/m0/s1. The molecule has 3 rings (SSSR count). The van der Waals surface area contributed by atoms with Gasteiger partial charge in [-0.05, 0) is 23.3 Å². The number of rotatable bonds is 2. The number of cyclic esters (lactones) is 1. The van der Waals surface area contributed by atoms with E-state index in [1.165, 1.54) is 0 Å². The van der Waals surface area contributed by atoms with Crippen LogP contribution >= 0.6 is 0 Å². The molecule has 19 heavy (non-hydrogen) atoms. The van der Waals surface area contributed by atoms with Gasteiger partial charge in [-0.25, -0.2) is 0 Å². The van der Waals surface area contributed by atoms with Gasteiger partial charge in [-0.1, -0.05) is 36.4 Å². The van der Waals surface area contributed by atoms with Crippen LogP contribution < -0.4 is 4.74 Å². The summed E-state index contributed by atoms with van der Waals surface area (Å²) in [7, 11) is 1.63. The third-order valence-corrected chi connectivity index (χ3v) is 3.34. The highest BCUT2D eigenvalue weighted by atomic mass is 16.5. The van der Waals surface area contributed by atoms with Gasteiger partial charge in [0.15, 0.2) is 6.10 Å². The Morgan fingerprint density at radius 1 is 1.11 bits per heavy atom. The molecule has 0 bridgehead atoms. The zero-order valence-electron chi connectivity index (χ0n) is 10.6. The summed E-state index contributed by atoms with van der Waals surface area (Å²) >= 11 is 0. The quantitative estimate of drug-likeness (QED) is 0.773. The van der Waals surface area contributed by atoms with Gasteiger partial charge in [0.05, 0.1) is 13.5 Å². The highest BCUT2D eigenvalue weighted by Crippen LogP contribution is 2.33. The molecule has 2 aromatic rings. The van der Waals surface area contributed by atoms with Gasteiger partial charge in [-0.15, -0.1) is 0 Å². The van der Waals surface area contributed by atoms with Gasteiger partial charge in [0, 0.05) is 5.56 Å². The third kappa shape index (κ3) is 2.19. The van der Waals surface area contributed by atoms with Crippen LogP contribution in [0.15, 0.2) is 48.5 Å². The van der Waals surface area contributed by atoms with Crippen molar-refractivity contribution in [3.05, 3.63) is 65.2 Å². The van der Waals surface area contributed by atoms with E-state index >= 15 is 0 Å². The number of benzene rings is 2. The molecule has 3 heteroatoms. The van der Waals surface area contributed by atoms with Crippen LogP contribution in [0.4, 0.5) is 0 Å². The lowest BCUT2D eigenvalue weighted by atomic mass is 9.93. The smallest absolute Gasteiger partial charge is 0.311 e. The Morgan fingerprint density at radius 2 is 1.84 bits per heavy atom. The number of fused-ring (bicyclic) bond motifs is 1. The Bertz CT molecular complexity index is 602. The number of hydrogen-bond donors (Lipinski definition) is 0. The second-order valence-electron chi connectivity index (χ2n) is 4.52. The molecule has 96 valence electrons.